The summed E-state index contributed by atoms with van der Waals surface area (Å²) in [5.41, 5.74) is 17.7. The summed E-state index contributed by atoms with van der Waals surface area (Å²) in [6.45, 7) is 9.62. The molecule has 0 aromatic heterocycles. The predicted molar refractivity (Wildman–Crippen MR) is 230 cm³/mol. The van der Waals surface area contributed by atoms with Crippen LogP contribution in [-0.2, 0) is 10.8 Å². The van der Waals surface area contributed by atoms with Crippen LogP contribution in [0, 0.1) is 0 Å². The molecule has 3 aliphatic carbocycles. The third kappa shape index (κ3) is 4.37. The van der Waals surface area contributed by atoms with Crippen LogP contribution in [0.1, 0.15) is 73.4 Å². The molecule has 0 nitrogen and oxygen atoms in total. The minimum Gasteiger partial charge on any atom is -0.0767 e. The first-order chi connectivity index (χ1) is 26.3. The van der Waals surface area contributed by atoms with E-state index < -0.39 is 0 Å². The van der Waals surface area contributed by atoms with Crippen LogP contribution in [0.5, 0.6) is 0 Å². The highest BCUT2D eigenvalue weighted by molar-refractivity contribution is 6.21. The average Bonchev–Trinajstić information content (AvgIpc) is 3.57. The highest BCUT2D eigenvalue weighted by Crippen LogP contribution is 2.56. The molecular weight excluding hydrogens is 649 g/mol. The van der Waals surface area contributed by atoms with E-state index in [4.69, 9.17) is 0 Å². The maximum Gasteiger partial charge on any atom is 0.0159 e. The van der Waals surface area contributed by atoms with Crippen LogP contribution < -0.4 is 0 Å². The van der Waals surface area contributed by atoms with E-state index in [1.165, 1.54) is 105 Å². The first kappa shape index (κ1) is 31.5. The molecular formula is C54H42. The number of hydrogen-bond donors (Lipinski definition) is 0. The Morgan fingerprint density at radius 1 is 0.444 bits per heavy atom. The number of rotatable bonds is 3. The summed E-state index contributed by atoms with van der Waals surface area (Å²) in [4.78, 5) is 0. The van der Waals surface area contributed by atoms with E-state index in [0.717, 1.165) is 6.42 Å². The number of benzene rings is 8. The van der Waals surface area contributed by atoms with Crippen molar-refractivity contribution in [2.75, 3.05) is 0 Å². The Morgan fingerprint density at radius 3 is 1.61 bits per heavy atom. The molecule has 0 spiro atoms. The minimum atomic E-state index is -0.0984. The summed E-state index contributed by atoms with van der Waals surface area (Å²) in [6.07, 6.45) is 8.08. The molecule has 258 valence electrons. The normalized spacial score (nSPS) is 17.3. The third-order valence-corrected chi connectivity index (χ3v) is 13.2. The second-order valence-corrected chi connectivity index (χ2v) is 16.8. The molecule has 1 unspecified atom stereocenters. The van der Waals surface area contributed by atoms with Crippen LogP contribution in [0.25, 0.3) is 71.3 Å². The van der Waals surface area contributed by atoms with E-state index in [-0.39, 0.29) is 16.7 Å². The van der Waals surface area contributed by atoms with E-state index in [1.807, 2.05) is 0 Å². The molecule has 8 aromatic rings. The molecule has 0 saturated heterocycles. The molecule has 0 bridgehead atoms. The second-order valence-electron chi connectivity index (χ2n) is 16.8. The van der Waals surface area contributed by atoms with Gasteiger partial charge in [-0.2, -0.15) is 0 Å². The summed E-state index contributed by atoms with van der Waals surface area (Å²) in [7, 11) is 0. The van der Waals surface area contributed by atoms with Crippen molar-refractivity contribution in [2.45, 2.75) is 50.9 Å². The molecule has 0 saturated carbocycles. The van der Waals surface area contributed by atoms with Crippen LogP contribution in [0.2, 0.25) is 0 Å². The van der Waals surface area contributed by atoms with Gasteiger partial charge in [-0.15, -0.1) is 0 Å². The predicted octanol–water partition coefficient (Wildman–Crippen LogP) is 14.6. The fourth-order valence-corrected chi connectivity index (χ4v) is 10.4. The molecule has 3 aliphatic rings. The maximum atomic E-state index is 2.57. The molecule has 1 atom stereocenters. The van der Waals surface area contributed by atoms with Gasteiger partial charge in [0.05, 0.1) is 0 Å². The molecule has 0 heteroatoms. The number of allylic oxidation sites excluding steroid dienone is 4. The maximum absolute atomic E-state index is 2.57. The van der Waals surface area contributed by atoms with Crippen LogP contribution >= 0.6 is 0 Å². The van der Waals surface area contributed by atoms with Gasteiger partial charge in [-0.1, -0.05) is 167 Å². The lowest BCUT2D eigenvalue weighted by Gasteiger charge is -2.27. The summed E-state index contributed by atoms with van der Waals surface area (Å²) >= 11 is 0. The highest BCUT2D eigenvalue weighted by atomic mass is 14.4. The van der Waals surface area contributed by atoms with Gasteiger partial charge in [0.15, 0.2) is 0 Å². The van der Waals surface area contributed by atoms with Gasteiger partial charge in [0.2, 0.25) is 0 Å². The van der Waals surface area contributed by atoms with E-state index in [9.17, 15) is 0 Å². The Hall–Kier alpha value is -5.98. The van der Waals surface area contributed by atoms with Gasteiger partial charge < -0.3 is 0 Å². The van der Waals surface area contributed by atoms with Crippen molar-refractivity contribution in [2.24, 2.45) is 0 Å². The van der Waals surface area contributed by atoms with Crippen LogP contribution in [-0.4, -0.2) is 0 Å². The van der Waals surface area contributed by atoms with Crippen LogP contribution in [0.3, 0.4) is 0 Å². The van der Waals surface area contributed by atoms with Crippen molar-refractivity contribution in [3.05, 3.63) is 197 Å². The minimum absolute atomic E-state index is 0.0984. The van der Waals surface area contributed by atoms with Gasteiger partial charge >= 0.3 is 0 Å². The van der Waals surface area contributed by atoms with Gasteiger partial charge in [-0.05, 0) is 135 Å². The Morgan fingerprint density at radius 2 is 0.981 bits per heavy atom. The number of hydrogen-bond acceptors (Lipinski definition) is 0. The fraction of sp³-hybridized carbons (Fsp3) is 0.148. The highest BCUT2D eigenvalue weighted by Gasteiger charge is 2.38. The largest absolute Gasteiger partial charge is 0.0767 e. The van der Waals surface area contributed by atoms with Gasteiger partial charge in [0, 0.05) is 16.7 Å². The quantitative estimate of drug-likeness (QED) is 0.162. The molecule has 54 heavy (non-hydrogen) atoms. The molecule has 0 fully saturated rings. The Labute approximate surface area is 318 Å². The zero-order valence-corrected chi connectivity index (χ0v) is 31.4. The molecule has 0 heterocycles. The van der Waals surface area contributed by atoms with Crippen LogP contribution in [0.4, 0.5) is 0 Å². The molecule has 0 N–H and O–H groups in total. The lowest BCUT2D eigenvalue weighted by molar-refractivity contribution is 0.661. The van der Waals surface area contributed by atoms with Gasteiger partial charge in [0.1, 0.15) is 0 Å². The summed E-state index contributed by atoms with van der Waals surface area (Å²) in [6, 6.07) is 55.4. The summed E-state index contributed by atoms with van der Waals surface area (Å²) in [5, 5.41) is 7.97. The second kappa shape index (κ2) is 11.3. The standard InChI is InChI=1S/C54H42/c1-53(2)47-23-12-10-21-39(47)41-29-43-45(31-49(41)53)51(34-16-6-5-7-17-34)46-32-50-42(40-22-11-13-24-48(40)54(50,3)4)30-44(46)52(43)38-20-14-19-36(28-38)37-26-25-33-15-8-9-18-35(33)27-37/h5-27,29-32,36H,28H2,1-4H3. The Balaban J connectivity index is 1.25. The topological polar surface area (TPSA) is 0 Å². The lowest BCUT2D eigenvalue weighted by atomic mass is 9.76. The first-order valence-corrected chi connectivity index (χ1v) is 19.5. The van der Waals surface area contributed by atoms with E-state index >= 15 is 0 Å². The molecule has 0 amide bonds. The van der Waals surface area contributed by atoms with Crippen molar-refractivity contribution in [1.29, 1.82) is 0 Å². The van der Waals surface area contributed by atoms with E-state index in [0.29, 0.717) is 0 Å². The van der Waals surface area contributed by atoms with Crippen molar-refractivity contribution in [1.82, 2.24) is 0 Å². The van der Waals surface area contributed by atoms with Crippen molar-refractivity contribution in [3.8, 4) is 33.4 Å². The fourth-order valence-electron chi connectivity index (χ4n) is 10.4. The zero-order chi connectivity index (χ0) is 36.3. The van der Waals surface area contributed by atoms with Crippen molar-refractivity contribution >= 4 is 37.9 Å². The van der Waals surface area contributed by atoms with E-state index in [2.05, 4.69) is 192 Å². The molecule has 8 aromatic carbocycles. The van der Waals surface area contributed by atoms with Gasteiger partial charge in [-0.3, -0.25) is 0 Å². The Kier molecular flexibility index (Phi) is 6.58. The molecule has 11 rings (SSSR count). The monoisotopic (exact) mass is 690 g/mol. The third-order valence-electron chi connectivity index (χ3n) is 13.2. The van der Waals surface area contributed by atoms with Crippen molar-refractivity contribution < 1.29 is 0 Å². The SMILES string of the molecule is CC1(C)c2ccccc2-c2cc3c(C4=CC=CC(c5ccc6ccccc6c5)C4)c4cc5c(cc4c(-c4ccccc4)c3cc21)C(C)(C)c1ccccc1-5. The lowest BCUT2D eigenvalue weighted by Crippen LogP contribution is -2.15. The van der Waals surface area contributed by atoms with E-state index in [1.54, 1.807) is 0 Å². The number of fused-ring (bicyclic) bond motifs is 9. The molecule has 0 radical (unpaired) electrons. The summed E-state index contributed by atoms with van der Waals surface area (Å²) in [5.74, 6) is 0.289. The van der Waals surface area contributed by atoms with Gasteiger partial charge in [-0.25, -0.2) is 0 Å². The molecule has 0 aliphatic heterocycles. The smallest absolute Gasteiger partial charge is 0.0159 e. The summed E-state index contributed by atoms with van der Waals surface area (Å²) < 4.78 is 0. The van der Waals surface area contributed by atoms with Crippen molar-refractivity contribution in [3.63, 3.8) is 0 Å². The van der Waals surface area contributed by atoms with Crippen LogP contribution in [0.15, 0.2) is 164 Å². The average molecular weight is 691 g/mol. The first-order valence-electron chi connectivity index (χ1n) is 19.5. The zero-order valence-electron chi connectivity index (χ0n) is 31.4. The van der Waals surface area contributed by atoms with Gasteiger partial charge in [0.25, 0.3) is 0 Å². The Bertz CT molecular complexity index is 2820.